The van der Waals surface area contributed by atoms with Crippen LogP contribution in [0.5, 0.6) is 0 Å². The van der Waals surface area contributed by atoms with Gasteiger partial charge in [0.25, 0.3) is 0 Å². The fourth-order valence-electron chi connectivity index (χ4n) is 1.12. The van der Waals surface area contributed by atoms with Crippen LogP contribution in [0.15, 0.2) is 12.3 Å². The van der Waals surface area contributed by atoms with E-state index in [1.807, 2.05) is 6.26 Å². The number of thioether (sulfide) groups is 1. The lowest BCUT2D eigenvalue weighted by molar-refractivity contribution is 0.0698. The maximum Gasteiger partial charge on any atom is 0.337 e. The van der Waals surface area contributed by atoms with E-state index in [2.05, 4.69) is 17.2 Å². The zero-order valence-corrected chi connectivity index (χ0v) is 10.0. The van der Waals surface area contributed by atoms with Crippen molar-refractivity contribution in [2.75, 3.05) is 23.9 Å². The highest BCUT2D eigenvalue weighted by Gasteiger charge is 2.12. The molecule has 6 heteroatoms. The molecule has 1 atom stereocenters. The maximum absolute atomic E-state index is 10.8. The van der Waals surface area contributed by atoms with Crippen molar-refractivity contribution in [3.63, 3.8) is 0 Å². The van der Waals surface area contributed by atoms with E-state index in [0.29, 0.717) is 17.6 Å². The molecule has 0 aliphatic rings. The number of rotatable bonds is 5. The van der Waals surface area contributed by atoms with E-state index >= 15 is 0 Å². The topological polar surface area (TPSA) is 88.2 Å². The van der Waals surface area contributed by atoms with Crippen LogP contribution < -0.4 is 11.1 Å². The van der Waals surface area contributed by atoms with Gasteiger partial charge in [0.15, 0.2) is 0 Å². The second kappa shape index (κ2) is 5.60. The molecule has 0 saturated heterocycles. The standard InChI is InChI=1S/C10H15N3O2S/c1-6(16-2)5-13-9-8(11)7(10(14)15)3-4-12-9/h3-4,6H,5,11H2,1-2H3,(H,12,13)(H,14,15). The summed E-state index contributed by atoms with van der Waals surface area (Å²) in [5.41, 5.74) is 5.96. The molecule has 1 aromatic rings. The number of pyridine rings is 1. The summed E-state index contributed by atoms with van der Waals surface area (Å²) < 4.78 is 0. The molecule has 0 radical (unpaired) electrons. The van der Waals surface area contributed by atoms with Gasteiger partial charge in [-0.15, -0.1) is 0 Å². The summed E-state index contributed by atoms with van der Waals surface area (Å²) in [6.45, 7) is 2.76. The average Bonchev–Trinajstić information content (AvgIpc) is 2.26. The van der Waals surface area contributed by atoms with Crippen LogP contribution >= 0.6 is 11.8 Å². The van der Waals surface area contributed by atoms with Crippen molar-refractivity contribution in [3.05, 3.63) is 17.8 Å². The van der Waals surface area contributed by atoms with Gasteiger partial charge in [-0.25, -0.2) is 9.78 Å². The van der Waals surface area contributed by atoms with E-state index in [1.54, 1.807) is 11.8 Å². The second-order valence-electron chi connectivity index (χ2n) is 3.35. The van der Waals surface area contributed by atoms with E-state index in [4.69, 9.17) is 10.8 Å². The molecule has 0 amide bonds. The van der Waals surface area contributed by atoms with Gasteiger partial charge < -0.3 is 16.2 Å². The Morgan fingerprint density at radius 1 is 1.75 bits per heavy atom. The molecule has 1 rings (SSSR count). The van der Waals surface area contributed by atoms with Crippen molar-refractivity contribution >= 4 is 29.2 Å². The number of carbonyl (C=O) groups is 1. The number of aromatic carboxylic acids is 1. The summed E-state index contributed by atoms with van der Waals surface area (Å²) in [6, 6.07) is 1.39. The predicted octanol–water partition coefficient (Wildman–Crippen LogP) is 1.53. The van der Waals surface area contributed by atoms with Crippen molar-refractivity contribution in [1.82, 2.24) is 4.98 Å². The largest absolute Gasteiger partial charge is 0.478 e. The van der Waals surface area contributed by atoms with Crippen molar-refractivity contribution in [2.24, 2.45) is 0 Å². The Morgan fingerprint density at radius 3 is 3.00 bits per heavy atom. The zero-order chi connectivity index (χ0) is 12.1. The minimum absolute atomic E-state index is 0.0781. The first-order chi connectivity index (χ1) is 7.56. The summed E-state index contributed by atoms with van der Waals surface area (Å²) in [4.78, 5) is 14.8. The Balaban J connectivity index is 2.81. The third-order valence-corrected chi connectivity index (χ3v) is 3.15. The number of carboxylic acids is 1. The third-order valence-electron chi connectivity index (χ3n) is 2.18. The number of aromatic nitrogens is 1. The third kappa shape index (κ3) is 3.03. The van der Waals surface area contributed by atoms with Crippen LogP contribution in [-0.4, -0.2) is 34.1 Å². The molecule has 1 aromatic heterocycles. The van der Waals surface area contributed by atoms with E-state index in [1.165, 1.54) is 12.3 Å². The zero-order valence-electron chi connectivity index (χ0n) is 9.23. The van der Waals surface area contributed by atoms with Crippen LogP contribution in [0.1, 0.15) is 17.3 Å². The highest BCUT2D eigenvalue weighted by Crippen LogP contribution is 2.20. The molecular formula is C10H15N3O2S. The number of anilines is 2. The molecule has 1 heterocycles. The van der Waals surface area contributed by atoms with Gasteiger partial charge in [-0.1, -0.05) is 6.92 Å². The first-order valence-corrected chi connectivity index (χ1v) is 6.09. The molecule has 0 aromatic carbocycles. The first-order valence-electron chi connectivity index (χ1n) is 4.80. The number of nitrogens with one attached hydrogen (secondary N) is 1. The Labute approximate surface area is 98.4 Å². The summed E-state index contributed by atoms with van der Waals surface area (Å²) in [5.74, 6) is -0.610. The summed E-state index contributed by atoms with van der Waals surface area (Å²) in [6.07, 6.45) is 3.45. The van der Waals surface area contributed by atoms with Crippen LogP contribution in [0.3, 0.4) is 0 Å². The Hall–Kier alpha value is -1.43. The molecule has 5 nitrogen and oxygen atoms in total. The molecule has 4 N–H and O–H groups in total. The summed E-state index contributed by atoms with van der Waals surface area (Å²) >= 11 is 1.71. The first kappa shape index (κ1) is 12.6. The van der Waals surface area contributed by atoms with Gasteiger partial charge in [-0.05, 0) is 12.3 Å². The second-order valence-corrected chi connectivity index (χ2v) is 4.63. The van der Waals surface area contributed by atoms with Gasteiger partial charge in [-0.3, -0.25) is 0 Å². The van der Waals surface area contributed by atoms with E-state index in [-0.39, 0.29) is 11.3 Å². The Morgan fingerprint density at radius 2 is 2.44 bits per heavy atom. The highest BCUT2D eigenvalue weighted by atomic mass is 32.2. The number of carboxylic acid groups (broad SMARTS) is 1. The maximum atomic E-state index is 10.8. The van der Waals surface area contributed by atoms with E-state index in [0.717, 1.165) is 0 Å². The molecular weight excluding hydrogens is 226 g/mol. The van der Waals surface area contributed by atoms with Crippen LogP contribution in [-0.2, 0) is 0 Å². The lowest BCUT2D eigenvalue weighted by Gasteiger charge is -2.12. The van der Waals surface area contributed by atoms with Gasteiger partial charge in [0.1, 0.15) is 5.82 Å². The number of hydrogen-bond donors (Lipinski definition) is 3. The fraction of sp³-hybridized carbons (Fsp3) is 0.400. The molecule has 0 aliphatic heterocycles. The van der Waals surface area contributed by atoms with Crippen LogP contribution in [0.4, 0.5) is 11.5 Å². The minimum Gasteiger partial charge on any atom is -0.478 e. The smallest absolute Gasteiger partial charge is 0.337 e. The van der Waals surface area contributed by atoms with Crippen molar-refractivity contribution in [2.45, 2.75) is 12.2 Å². The lowest BCUT2D eigenvalue weighted by atomic mass is 10.2. The van der Waals surface area contributed by atoms with Gasteiger partial charge in [0, 0.05) is 18.0 Å². The minimum atomic E-state index is -1.04. The lowest BCUT2D eigenvalue weighted by Crippen LogP contribution is -2.16. The summed E-state index contributed by atoms with van der Waals surface area (Å²) in [5, 5.41) is 12.3. The Bertz CT molecular complexity index is 384. The molecule has 0 fully saturated rings. The van der Waals surface area contributed by atoms with E-state index < -0.39 is 5.97 Å². The molecule has 0 aliphatic carbocycles. The normalized spacial score (nSPS) is 12.1. The van der Waals surface area contributed by atoms with Crippen molar-refractivity contribution < 1.29 is 9.90 Å². The van der Waals surface area contributed by atoms with Crippen molar-refractivity contribution in [1.29, 1.82) is 0 Å². The molecule has 0 bridgehead atoms. The van der Waals surface area contributed by atoms with Gasteiger partial charge in [-0.2, -0.15) is 11.8 Å². The predicted molar refractivity (Wildman–Crippen MR) is 67.1 cm³/mol. The molecule has 16 heavy (non-hydrogen) atoms. The molecule has 0 spiro atoms. The Kier molecular flexibility index (Phi) is 4.42. The summed E-state index contributed by atoms with van der Waals surface area (Å²) in [7, 11) is 0. The van der Waals surface area contributed by atoms with Crippen LogP contribution in [0.25, 0.3) is 0 Å². The molecule has 1 unspecified atom stereocenters. The monoisotopic (exact) mass is 241 g/mol. The number of hydrogen-bond acceptors (Lipinski definition) is 5. The van der Waals surface area contributed by atoms with Gasteiger partial charge >= 0.3 is 5.97 Å². The molecule has 88 valence electrons. The number of nitrogen functional groups attached to an aromatic ring is 1. The molecule has 0 saturated carbocycles. The van der Waals surface area contributed by atoms with Crippen LogP contribution in [0.2, 0.25) is 0 Å². The van der Waals surface area contributed by atoms with Crippen molar-refractivity contribution in [3.8, 4) is 0 Å². The highest BCUT2D eigenvalue weighted by molar-refractivity contribution is 7.99. The number of nitrogens with two attached hydrogens (primary N) is 1. The van der Waals surface area contributed by atoms with Gasteiger partial charge in [0.2, 0.25) is 0 Å². The van der Waals surface area contributed by atoms with Gasteiger partial charge in [0.05, 0.1) is 11.3 Å². The van der Waals surface area contributed by atoms with E-state index in [9.17, 15) is 4.79 Å². The fourth-order valence-corrected chi connectivity index (χ4v) is 1.37. The van der Waals surface area contributed by atoms with Crippen LogP contribution in [0, 0.1) is 0 Å². The average molecular weight is 241 g/mol. The SMILES string of the molecule is CSC(C)CNc1nccc(C(=O)O)c1N. The quantitative estimate of drug-likeness (QED) is 0.724. The number of nitrogens with zero attached hydrogens (tertiary/aromatic N) is 1.